The minimum atomic E-state index is -0.950. The Bertz CT molecular complexity index is 960. The van der Waals surface area contributed by atoms with Crippen molar-refractivity contribution in [1.29, 1.82) is 0 Å². The third-order valence-corrected chi connectivity index (χ3v) is 4.09. The molecule has 0 bridgehead atoms. The van der Waals surface area contributed by atoms with Crippen molar-refractivity contribution in [2.75, 3.05) is 10.2 Å². The van der Waals surface area contributed by atoms with Crippen LogP contribution in [0.5, 0.6) is 5.75 Å². The van der Waals surface area contributed by atoms with E-state index >= 15 is 0 Å². The Morgan fingerprint density at radius 3 is 2.26 bits per heavy atom. The van der Waals surface area contributed by atoms with Crippen LogP contribution in [-0.4, -0.2) is 12.2 Å². The summed E-state index contributed by atoms with van der Waals surface area (Å²) in [6.07, 6.45) is -2.23. The minimum Gasteiger partial charge on any atom is -0.420 e. The summed E-state index contributed by atoms with van der Waals surface area (Å²) in [4.78, 5) is 26.4. The molecule has 1 unspecified atom stereocenters. The van der Waals surface area contributed by atoms with E-state index in [0.29, 0.717) is 22.7 Å². The smallest absolute Gasteiger partial charge is 0.420 e. The van der Waals surface area contributed by atoms with Crippen molar-refractivity contribution in [3.05, 3.63) is 90.5 Å². The molecule has 0 radical (unpaired) electrons. The van der Waals surface area contributed by atoms with Crippen molar-refractivity contribution in [3.8, 4) is 5.75 Å². The van der Waals surface area contributed by atoms with Crippen LogP contribution in [0.4, 0.5) is 21.0 Å². The van der Waals surface area contributed by atoms with Gasteiger partial charge >= 0.3 is 12.2 Å². The van der Waals surface area contributed by atoms with Crippen molar-refractivity contribution in [3.63, 3.8) is 0 Å². The molecule has 0 saturated carbocycles. The van der Waals surface area contributed by atoms with Crippen molar-refractivity contribution >= 4 is 23.6 Å². The summed E-state index contributed by atoms with van der Waals surface area (Å²) in [5, 5.41) is 2.67. The van der Waals surface area contributed by atoms with Gasteiger partial charge in [-0.2, -0.15) is 0 Å². The lowest BCUT2D eigenvalue weighted by molar-refractivity contribution is 0.0964. The first-order chi connectivity index (χ1) is 13.2. The van der Waals surface area contributed by atoms with E-state index in [0.717, 1.165) is 0 Å². The minimum absolute atomic E-state index is 0.368. The van der Waals surface area contributed by atoms with Crippen molar-refractivity contribution in [1.82, 2.24) is 0 Å². The summed E-state index contributed by atoms with van der Waals surface area (Å²) >= 11 is 0. The summed E-state index contributed by atoms with van der Waals surface area (Å²) in [5.41, 5.74) is 1.75. The van der Waals surface area contributed by atoms with Gasteiger partial charge in [-0.25, -0.2) is 14.5 Å². The molecule has 0 aliphatic carbocycles. The second-order valence-corrected chi connectivity index (χ2v) is 5.86. The summed E-state index contributed by atoms with van der Waals surface area (Å²) in [7, 11) is 0. The van der Waals surface area contributed by atoms with Crippen molar-refractivity contribution < 1.29 is 19.1 Å². The number of nitrogens with one attached hydrogen (secondary N) is 1. The van der Waals surface area contributed by atoms with Crippen molar-refractivity contribution in [2.45, 2.75) is 6.23 Å². The van der Waals surface area contributed by atoms with E-state index in [-0.39, 0.29) is 0 Å². The van der Waals surface area contributed by atoms with Gasteiger partial charge in [-0.1, -0.05) is 48.5 Å². The highest BCUT2D eigenvalue weighted by atomic mass is 16.6. The topological polar surface area (TPSA) is 67.9 Å². The van der Waals surface area contributed by atoms with Gasteiger partial charge in [0.05, 0.1) is 11.3 Å². The molecule has 0 fully saturated rings. The van der Waals surface area contributed by atoms with Gasteiger partial charge in [0, 0.05) is 5.69 Å². The molecule has 6 nitrogen and oxygen atoms in total. The van der Waals surface area contributed by atoms with Crippen LogP contribution in [0.2, 0.25) is 0 Å². The number of fused-ring (bicyclic) bond motifs is 1. The van der Waals surface area contributed by atoms with Crippen LogP contribution in [-0.2, 0) is 4.74 Å². The number of hydrogen-bond donors (Lipinski definition) is 1. The molecule has 0 saturated heterocycles. The van der Waals surface area contributed by atoms with Gasteiger partial charge in [0.2, 0.25) is 6.23 Å². The zero-order valence-electron chi connectivity index (χ0n) is 14.2. The third kappa shape index (κ3) is 3.46. The molecule has 1 aliphatic heterocycles. The van der Waals surface area contributed by atoms with Crippen molar-refractivity contribution in [2.24, 2.45) is 0 Å². The highest BCUT2D eigenvalue weighted by Gasteiger charge is 2.38. The number of para-hydroxylation sites is 3. The molecular weight excluding hydrogens is 344 g/mol. The van der Waals surface area contributed by atoms with Gasteiger partial charge in [0.1, 0.15) is 5.75 Å². The van der Waals surface area contributed by atoms with E-state index in [4.69, 9.17) is 9.47 Å². The molecule has 0 aromatic heterocycles. The predicted octanol–water partition coefficient (Wildman–Crippen LogP) is 4.95. The first-order valence-corrected chi connectivity index (χ1v) is 8.40. The van der Waals surface area contributed by atoms with E-state index in [2.05, 4.69) is 5.32 Å². The Labute approximate surface area is 155 Å². The van der Waals surface area contributed by atoms with Gasteiger partial charge in [0.15, 0.2) is 0 Å². The molecule has 6 heteroatoms. The Morgan fingerprint density at radius 1 is 0.889 bits per heavy atom. The summed E-state index contributed by atoms with van der Waals surface area (Å²) in [5.74, 6) is 0.368. The fourth-order valence-electron chi connectivity index (χ4n) is 2.87. The second-order valence-electron chi connectivity index (χ2n) is 5.86. The van der Waals surface area contributed by atoms with E-state index in [1.807, 2.05) is 12.1 Å². The zero-order chi connectivity index (χ0) is 18.6. The summed E-state index contributed by atoms with van der Waals surface area (Å²) in [6.45, 7) is 0. The molecular formula is C21H16N2O4. The summed E-state index contributed by atoms with van der Waals surface area (Å²) < 4.78 is 11.0. The van der Waals surface area contributed by atoms with Gasteiger partial charge in [0.25, 0.3) is 0 Å². The molecule has 134 valence electrons. The molecule has 1 N–H and O–H groups in total. The number of carbonyl (C=O) groups excluding carboxylic acids is 2. The molecule has 0 spiro atoms. The first kappa shape index (κ1) is 16.7. The number of hydrogen-bond acceptors (Lipinski definition) is 4. The summed E-state index contributed by atoms with van der Waals surface area (Å²) in [6, 6.07) is 24.9. The normalized spacial score (nSPS) is 15.5. The predicted molar refractivity (Wildman–Crippen MR) is 101 cm³/mol. The van der Waals surface area contributed by atoms with Gasteiger partial charge in [-0.15, -0.1) is 0 Å². The lowest BCUT2D eigenvalue weighted by Crippen LogP contribution is -2.43. The Balaban J connectivity index is 1.67. The average molecular weight is 360 g/mol. The number of rotatable bonds is 3. The standard InChI is InChI=1S/C21H16N2O4/c24-20(22-15-9-3-1-4-10-15)27-19-17-13-7-8-14-18(17)26-21(25)23(19)16-11-5-2-6-12-16/h1-14,19H,(H,22,24). The Morgan fingerprint density at radius 2 is 1.52 bits per heavy atom. The molecule has 27 heavy (non-hydrogen) atoms. The number of anilines is 2. The molecule has 1 atom stereocenters. The van der Waals surface area contributed by atoms with E-state index in [9.17, 15) is 9.59 Å². The van der Waals surface area contributed by atoms with E-state index in [1.165, 1.54) is 4.90 Å². The number of carbonyl (C=O) groups is 2. The van der Waals surface area contributed by atoms with Crippen LogP contribution in [0, 0.1) is 0 Å². The molecule has 3 aromatic carbocycles. The first-order valence-electron chi connectivity index (χ1n) is 8.40. The Kier molecular flexibility index (Phi) is 4.45. The van der Waals surface area contributed by atoms with Crippen LogP contribution >= 0.6 is 0 Å². The second kappa shape index (κ2) is 7.21. The van der Waals surface area contributed by atoms with Crippen LogP contribution < -0.4 is 15.0 Å². The number of benzene rings is 3. The molecule has 1 aliphatic rings. The maximum Gasteiger partial charge on any atom is 0.423 e. The van der Waals surface area contributed by atoms with Gasteiger partial charge in [-0.3, -0.25) is 5.32 Å². The molecule has 2 amide bonds. The van der Waals surface area contributed by atoms with Crippen LogP contribution in [0.1, 0.15) is 11.8 Å². The third-order valence-electron chi connectivity index (χ3n) is 4.09. The molecule has 4 rings (SSSR count). The monoisotopic (exact) mass is 360 g/mol. The average Bonchev–Trinajstić information content (AvgIpc) is 2.69. The van der Waals surface area contributed by atoms with Crippen LogP contribution in [0.25, 0.3) is 0 Å². The Hall–Kier alpha value is -3.80. The highest BCUT2D eigenvalue weighted by molar-refractivity contribution is 5.93. The number of amides is 2. The molecule has 1 heterocycles. The fraction of sp³-hybridized carbons (Fsp3) is 0.0476. The van der Waals surface area contributed by atoms with E-state index in [1.54, 1.807) is 72.8 Å². The lowest BCUT2D eigenvalue weighted by atomic mass is 10.1. The SMILES string of the molecule is O=C(Nc1ccccc1)OC1c2ccccc2OC(=O)N1c1ccccc1. The highest BCUT2D eigenvalue weighted by Crippen LogP contribution is 2.38. The fourth-order valence-corrected chi connectivity index (χ4v) is 2.87. The quantitative estimate of drug-likeness (QED) is 0.717. The molecule has 3 aromatic rings. The number of ether oxygens (including phenoxy) is 2. The maximum absolute atomic E-state index is 12.6. The number of nitrogens with zero attached hydrogens (tertiary/aromatic N) is 1. The zero-order valence-corrected chi connectivity index (χ0v) is 14.2. The van der Waals surface area contributed by atoms with Gasteiger partial charge in [-0.05, 0) is 36.4 Å². The largest absolute Gasteiger partial charge is 0.423 e. The van der Waals surface area contributed by atoms with E-state index < -0.39 is 18.4 Å². The maximum atomic E-state index is 12.6. The lowest BCUT2D eigenvalue weighted by Gasteiger charge is -2.35. The van der Waals surface area contributed by atoms with Crippen LogP contribution in [0.15, 0.2) is 84.9 Å². The van der Waals surface area contributed by atoms with Crippen LogP contribution in [0.3, 0.4) is 0 Å². The van der Waals surface area contributed by atoms with Gasteiger partial charge < -0.3 is 9.47 Å².